The van der Waals surface area contributed by atoms with Gasteiger partial charge in [0.25, 0.3) is 0 Å². The van der Waals surface area contributed by atoms with Gasteiger partial charge in [-0.15, -0.1) is 0 Å². The Bertz CT molecular complexity index is 552. The van der Waals surface area contributed by atoms with Crippen molar-refractivity contribution in [2.45, 2.75) is 19.8 Å². The fourth-order valence-corrected chi connectivity index (χ4v) is 1.78. The van der Waals surface area contributed by atoms with Crippen LogP contribution < -0.4 is 4.74 Å². The van der Waals surface area contributed by atoms with Crippen molar-refractivity contribution in [2.75, 3.05) is 0 Å². The minimum Gasteiger partial charge on any atom is -0.457 e. The van der Waals surface area contributed by atoms with Gasteiger partial charge in [0.05, 0.1) is 11.6 Å². The quantitative estimate of drug-likeness (QED) is 0.794. The van der Waals surface area contributed by atoms with Crippen LogP contribution in [0.15, 0.2) is 48.5 Å². The molecule has 0 unspecified atom stereocenters. The molecule has 0 radical (unpaired) electrons. The largest absolute Gasteiger partial charge is 0.457 e. The van der Waals surface area contributed by atoms with Gasteiger partial charge in [-0.1, -0.05) is 31.5 Å². The first-order valence-corrected chi connectivity index (χ1v) is 6.09. The van der Waals surface area contributed by atoms with Crippen LogP contribution in [0.5, 0.6) is 11.5 Å². The fourth-order valence-electron chi connectivity index (χ4n) is 1.78. The Morgan fingerprint density at radius 3 is 2.50 bits per heavy atom. The molecule has 0 bridgehead atoms. The molecule has 0 saturated carbocycles. The van der Waals surface area contributed by atoms with Crippen molar-refractivity contribution < 1.29 is 4.74 Å². The minimum absolute atomic E-state index is 0.607. The lowest BCUT2D eigenvalue weighted by Crippen LogP contribution is -1.87. The van der Waals surface area contributed by atoms with Gasteiger partial charge in [0.1, 0.15) is 11.5 Å². The molecule has 0 aliphatic rings. The monoisotopic (exact) mass is 237 g/mol. The third-order valence-corrected chi connectivity index (χ3v) is 2.66. The molecule has 2 nitrogen and oxygen atoms in total. The van der Waals surface area contributed by atoms with Crippen molar-refractivity contribution in [2.24, 2.45) is 0 Å². The van der Waals surface area contributed by atoms with Crippen molar-refractivity contribution in [1.82, 2.24) is 0 Å². The van der Waals surface area contributed by atoms with E-state index in [0.29, 0.717) is 11.3 Å². The zero-order valence-electron chi connectivity index (χ0n) is 10.4. The Hall–Kier alpha value is -2.27. The first-order valence-electron chi connectivity index (χ1n) is 6.09. The van der Waals surface area contributed by atoms with Gasteiger partial charge in [-0.2, -0.15) is 5.26 Å². The number of rotatable bonds is 4. The second-order valence-corrected chi connectivity index (χ2v) is 4.14. The smallest absolute Gasteiger partial charge is 0.128 e. The highest BCUT2D eigenvalue weighted by Gasteiger charge is 1.99. The van der Waals surface area contributed by atoms with E-state index in [2.05, 4.69) is 25.1 Å². The number of benzene rings is 2. The molecule has 90 valence electrons. The van der Waals surface area contributed by atoms with Crippen LogP contribution in [0.25, 0.3) is 0 Å². The van der Waals surface area contributed by atoms with Crippen LogP contribution in [0.4, 0.5) is 0 Å². The highest BCUT2D eigenvalue weighted by Crippen LogP contribution is 2.22. The molecule has 0 heterocycles. The average molecular weight is 237 g/mol. The van der Waals surface area contributed by atoms with Gasteiger partial charge in [-0.3, -0.25) is 0 Å². The van der Waals surface area contributed by atoms with E-state index in [1.54, 1.807) is 12.1 Å². The average Bonchev–Trinajstić information content (AvgIpc) is 2.42. The molecular weight excluding hydrogens is 222 g/mol. The summed E-state index contributed by atoms with van der Waals surface area (Å²) < 4.78 is 5.70. The van der Waals surface area contributed by atoms with Crippen LogP contribution in [0.3, 0.4) is 0 Å². The first kappa shape index (κ1) is 12.2. The molecule has 18 heavy (non-hydrogen) atoms. The first-order chi connectivity index (χ1) is 8.81. The van der Waals surface area contributed by atoms with Gasteiger partial charge in [-0.05, 0) is 42.3 Å². The molecule has 0 spiro atoms. The molecule has 2 aromatic carbocycles. The van der Waals surface area contributed by atoms with Gasteiger partial charge in [0.2, 0.25) is 0 Å². The third-order valence-electron chi connectivity index (χ3n) is 2.66. The van der Waals surface area contributed by atoms with Gasteiger partial charge < -0.3 is 4.74 Å². The number of nitrogens with zero attached hydrogens (tertiary/aromatic N) is 1. The number of nitriles is 1. The summed E-state index contributed by atoms with van der Waals surface area (Å²) in [5.41, 5.74) is 1.92. The van der Waals surface area contributed by atoms with E-state index in [4.69, 9.17) is 10.00 Å². The van der Waals surface area contributed by atoms with E-state index >= 15 is 0 Å². The highest BCUT2D eigenvalue weighted by atomic mass is 16.5. The predicted octanol–water partition coefficient (Wildman–Crippen LogP) is 4.30. The highest BCUT2D eigenvalue weighted by molar-refractivity contribution is 5.39. The standard InChI is InChI=1S/C16H15NO/c1-2-4-13-7-9-15(10-8-13)18-16-6-3-5-14(11-16)12-17/h3,5-11H,2,4H2,1H3. The van der Waals surface area contributed by atoms with E-state index in [0.717, 1.165) is 18.6 Å². The third kappa shape index (κ3) is 3.11. The van der Waals surface area contributed by atoms with Crippen LogP contribution in [-0.2, 0) is 6.42 Å². The lowest BCUT2D eigenvalue weighted by molar-refractivity contribution is 0.482. The second-order valence-electron chi connectivity index (χ2n) is 4.14. The molecule has 2 rings (SSSR count). The van der Waals surface area contributed by atoms with Crippen LogP contribution in [0.1, 0.15) is 24.5 Å². The summed E-state index contributed by atoms with van der Waals surface area (Å²) in [4.78, 5) is 0. The Kier molecular flexibility index (Phi) is 3.98. The number of hydrogen-bond donors (Lipinski definition) is 0. The molecule has 0 atom stereocenters. The topological polar surface area (TPSA) is 33.0 Å². The zero-order valence-corrected chi connectivity index (χ0v) is 10.4. The lowest BCUT2D eigenvalue weighted by Gasteiger charge is -2.06. The van der Waals surface area contributed by atoms with E-state index < -0.39 is 0 Å². The molecule has 0 aromatic heterocycles. The summed E-state index contributed by atoms with van der Waals surface area (Å²) >= 11 is 0. The van der Waals surface area contributed by atoms with Crippen LogP contribution in [0, 0.1) is 11.3 Å². The van der Waals surface area contributed by atoms with E-state index in [1.165, 1.54) is 5.56 Å². The summed E-state index contributed by atoms with van der Waals surface area (Å²) in [6.07, 6.45) is 2.23. The maximum absolute atomic E-state index is 8.82. The van der Waals surface area contributed by atoms with Crippen molar-refractivity contribution in [1.29, 1.82) is 5.26 Å². The summed E-state index contributed by atoms with van der Waals surface area (Å²) in [7, 11) is 0. The predicted molar refractivity (Wildman–Crippen MR) is 71.7 cm³/mol. The number of aryl methyl sites for hydroxylation is 1. The molecule has 0 aliphatic heterocycles. The maximum atomic E-state index is 8.82. The van der Waals surface area contributed by atoms with E-state index in [-0.39, 0.29) is 0 Å². The molecule has 0 aliphatic carbocycles. The van der Waals surface area contributed by atoms with Crippen molar-refractivity contribution in [3.8, 4) is 17.6 Å². The summed E-state index contributed by atoms with van der Waals surface area (Å²) in [6, 6.07) is 17.3. The molecule has 0 fully saturated rings. The molecule has 0 amide bonds. The maximum Gasteiger partial charge on any atom is 0.128 e. The van der Waals surface area contributed by atoms with Gasteiger partial charge in [0, 0.05) is 0 Å². The number of hydrogen-bond acceptors (Lipinski definition) is 2. The van der Waals surface area contributed by atoms with E-state index in [9.17, 15) is 0 Å². The van der Waals surface area contributed by atoms with Gasteiger partial charge >= 0.3 is 0 Å². The molecule has 0 saturated heterocycles. The molecule has 2 heteroatoms. The van der Waals surface area contributed by atoms with Crippen LogP contribution in [0.2, 0.25) is 0 Å². The van der Waals surface area contributed by atoms with Gasteiger partial charge in [0.15, 0.2) is 0 Å². The minimum atomic E-state index is 0.607. The normalized spacial score (nSPS) is 9.78. The Morgan fingerprint density at radius 1 is 1.06 bits per heavy atom. The molecular formula is C16H15NO. The number of ether oxygens (including phenoxy) is 1. The van der Waals surface area contributed by atoms with Crippen molar-refractivity contribution in [3.63, 3.8) is 0 Å². The lowest BCUT2D eigenvalue weighted by atomic mass is 10.1. The van der Waals surface area contributed by atoms with Crippen molar-refractivity contribution >= 4 is 0 Å². The summed E-state index contributed by atoms with van der Waals surface area (Å²) in [5.74, 6) is 1.49. The zero-order chi connectivity index (χ0) is 12.8. The Morgan fingerprint density at radius 2 is 1.83 bits per heavy atom. The Labute approximate surface area is 107 Å². The van der Waals surface area contributed by atoms with Gasteiger partial charge in [-0.25, -0.2) is 0 Å². The SMILES string of the molecule is CCCc1ccc(Oc2cccc(C#N)c2)cc1. The fraction of sp³-hybridized carbons (Fsp3) is 0.188. The molecule has 0 N–H and O–H groups in total. The Balaban J connectivity index is 2.11. The second kappa shape index (κ2) is 5.88. The summed E-state index contributed by atoms with van der Waals surface area (Å²) in [6.45, 7) is 2.16. The van der Waals surface area contributed by atoms with Crippen LogP contribution >= 0.6 is 0 Å². The summed E-state index contributed by atoms with van der Waals surface area (Å²) in [5, 5.41) is 8.82. The molecule has 2 aromatic rings. The van der Waals surface area contributed by atoms with Crippen LogP contribution in [-0.4, -0.2) is 0 Å². The van der Waals surface area contributed by atoms with Crippen molar-refractivity contribution in [3.05, 3.63) is 59.7 Å². The van der Waals surface area contributed by atoms with E-state index in [1.807, 2.05) is 24.3 Å².